The maximum atomic E-state index is 5.68. The summed E-state index contributed by atoms with van der Waals surface area (Å²) in [7, 11) is 2.20. The molecule has 1 saturated carbocycles. The van der Waals surface area contributed by atoms with Crippen LogP contribution in [-0.4, -0.2) is 24.0 Å². The summed E-state index contributed by atoms with van der Waals surface area (Å²) >= 11 is 0. The topological polar surface area (TPSA) is 3.24 Å². The van der Waals surface area contributed by atoms with E-state index in [0.29, 0.717) is 0 Å². The first-order valence-corrected chi connectivity index (χ1v) is 5.94. The highest BCUT2D eigenvalue weighted by Crippen LogP contribution is 2.33. The van der Waals surface area contributed by atoms with Crippen LogP contribution in [0.1, 0.15) is 51.9 Å². The lowest BCUT2D eigenvalue weighted by Gasteiger charge is -2.34. The van der Waals surface area contributed by atoms with Crippen molar-refractivity contribution in [2.45, 2.75) is 57.4 Å². The third-order valence-corrected chi connectivity index (χ3v) is 3.53. The maximum absolute atomic E-state index is 5.68. The first kappa shape index (κ1) is 11.6. The highest BCUT2D eigenvalue weighted by molar-refractivity contribution is 5.15. The predicted molar refractivity (Wildman–Crippen MR) is 62.2 cm³/mol. The van der Waals surface area contributed by atoms with E-state index in [1.165, 1.54) is 44.9 Å². The standard InChI is InChI=1S/C13H23N/c1-4-6-9-12-14(3)13(5-2)10-7-8-11-13/h2H,4,6-12H2,1,3H3. The third-order valence-electron chi connectivity index (χ3n) is 3.53. The van der Waals surface area contributed by atoms with Gasteiger partial charge in [-0.25, -0.2) is 0 Å². The van der Waals surface area contributed by atoms with Gasteiger partial charge in [-0.1, -0.05) is 38.5 Å². The minimum absolute atomic E-state index is 0.105. The van der Waals surface area contributed by atoms with Crippen LogP contribution in [0.3, 0.4) is 0 Å². The van der Waals surface area contributed by atoms with E-state index in [4.69, 9.17) is 6.42 Å². The van der Waals surface area contributed by atoms with Gasteiger partial charge in [0.1, 0.15) is 0 Å². The number of unbranched alkanes of at least 4 members (excludes halogenated alkanes) is 2. The van der Waals surface area contributed by atoms with Crippen molar-refractivity contribution in [1.82, 2.24) is 4.90 Å². The molecule has 0 aromatic rings. The number of nitrogens with zero attached hydrogens (tertiary/aromatic N) is 1. The molecule has 1 rings (SSSR count). The van der Waals surface area contributed by atoms with Gasteiger partial charge in [-0.15, -0.1) is 6.42 Å². The summed E-state index contributed by atoms with van der Waals surface area (Å²) in [4.78, 5) is 2.41. The molecule has 14 heavy (non-hydrogen) atoms. The van der Waals surface area contributed by atoms with Crippen molar-refractivity contribution in [3.8, 4) is 12.3 Å². The second-order valence-corrected chi connectivity index (χ2v) is 4.51. The van der Waals surface area contributed by atoms with Crippen LogP contribution in [0.2, 0.25) is 0 Å². The van der Waals surface area contributed by atoms with Crippen LogP contribution in [0.4, 0.5) is 0 Å². The molecule has 0 atom stereocenters. The Hall–Kier alpha value is -0.480. The van der Waals surface area contributed by atoms with Gasteiger partial charge in [0.05, 0.1) is 5.54 Å². The molecule has 0 aromatic heterocycles. The minimum atomic E-state index is 0.105. The Labute approximate surface area is 88.9 Å². The molecule has 0 saturated heterocycles. The monoisotopic (exact) mass is 193 g/mol. The molecule has 0 N–H and O–H groups in total. The zero-order chi connectivity index (χ0) is 10.4. The smallest absolute Gasteiger partial charge is 0.0820 e. The summed E-state index contributed by atoms with van der Waals surface area (Å²) in [6.45, 7) is 3.41. The number of rotatable bonds is 5. The summed E-state index contributed by atoms with van der Waals surface area (Å²) in [6.07, 6.45) is 14.6. The van der Waals surface area contributed by atoms with Crippen molar-refractivity contribution in [3.05, 3.63) is 0 Å². The first-order valence-electron chi connectivity index (χ1n) is 5.94. The van der Waals surface area contributed by atoms with Crippen molar-refractivity contribution >= 4 is 0 Å². The van der Waals surface area contributed by atoms with Crippen molar-refractivity contribution in [2.24, 2.45) is 0 Å². The summed E-state index contributed by atoms with van der Waals surface area (Å²) in [5, 5.41) is 0. The molecule has 0 aliphatic heterocycles. The van der Waals surface area contributed by atoms with Gasteiger partial charge in [0, 0.05) is 0 Å². The zero-order valence-corrected chi connectivity index (χ0v) is 9.68. The van der Waals surface area contributed by atoms with Gasteiger partial charge in [-0.05, 0) is 32.9 Å². The Morgan fingerprint density at radius 3 is 2.43 bits per heavy atom. The van der Waals surface area contributed by atoms with E-state index in [1.54, 1.807) is 0 Å². The maximum Gasteiger partial charge on any atom is 0.0820 e. The van der Waals surface area contributed by atoms with Crippen LogP contribution < -0.4 is 0 Å². The molecule has 0 bridgehead atoms. The molecule has 0 amide bonds. The van der Waals surface area contributed by atoms with Crippen LogP contribution in [0, 0.1) is 12.3 Å². The summed E-state index contributed by atoms with van der Waals surface area (Å²) in [5.41, 5.74) is 0.105. The number of terminal acetylenes is 1. The molecule has 1 nitrogen and oxygen atoms in total. The Balaban J connectivity index is 2.40. The number of hydrogen-bond acceptors (Lipinski definition) is 1. The molecule has 0 unspecified atom stereocenters. The van der Waals surface area contributed by atoms with Crippen LogP contribution in [0.25, 0.3) is 0 Å². The van der Waals surface area contributed by atoms with Gasteiger partial charge < -0.3 is 0 Å². The molecule has 1 fully saturated rings. The molecule has 0 aromatic carbocycles. The largest absolute Gasteiger partial charge is 0.290 e. The summed E-state index contributed by atoms with van der Waals surface area (Å²) in [5.74, 6) is 3.03. The van der Waals surface area contributed by atoms with Crippen LogP contribution in [-0.2, 0) is 0 Å². The van der Waals surface area contributed by atoms with Gasteiger partial charge >= 0.3 is 0 Å². The Bertz CT molecular complexity index is 196. The molecular formula is C13H23N. The fourth-order valence-corrected chi connectivity index (χ4v) is 2.41. The Morgan fingerprint density at radius 2 is 1.93 bits per heavy atom. The molecule has 1 aliphatic rings. The van der Waals surface area contributed by atoms with Crippen LogP contribution in [0.15, 0.2) is 0 Å². The van der Waals surface area contributed by atoms with Crippen molar-refractivity contribution in [3.63, 3.8) is 0 Å². The third kappa shape index (κ3) is 2.51. The second-order valence-electron chi connectivity index (χ2n) is 4.51. The Kier molecular flexibility index (Phi) is 4.48. The van der Waals surface area contributed by atoms with Gasteiger partial charge in [-0.3, -0.25) is 4.90 Å². The lowest BCUT2D eigenvalue weighted by molar-refractivity contribution is 0.179. The average molecular weight is 193 g/mol. The fourth-order valence-electron chi connectivity index (χ4n) is 2.41. The highest BCUT2D eigenvalue weighted by atomic mass is 15.2. The number of hydrogen-bond donors (Lipinski definition) is 0. The van der Waals surface area contributed by atoms with Gasteiger partial charge in [0.25, 0.3) is 0 Å². The lowest BCUT2D eigenvalue weighted by atomic mass is 9.96. The van der Waals surface area contributed by atoms with Crippen molar-refractivity contribution < 1.29 is 0 Å². The van der Waals surface area contributed by atoms with E-state index in [0.717, 1.165) is 6.54 Å². The van der Waals surface area contributed by atoms with E-state index >= 15 is 0 Å². The van der Waals surface area contributed by atoms with E-state index in [2.05, 4.69) is 24.8 Å². The lowest BCUT2D eigenvalue weighted by Crippen LogP contribution is -2.43. The second kappa shape index (κ2) is 5.41. The Morgan fingerprint density at radius 1 is 1.29 bits per heavy atom. The summed E-state index contributed by atoms with van der Waals surface area (Å²) < 4.78 is 0. The molecule has 1 heteroatoms. The zero-order valence-electron chi connectivity index (χ0n) is 9.68. The van der Waals surface area contributed by atoms with Crippen molar-refractivity contribution in [2.75, 3.05) is 13.6 Å². The van der Waals surface area contributed by atoms with Crippen molar-refractivity contribution in [1.29, 1.82) is 0 Å². The summed E-state index contributed by atoms with van der Waals surface area (Å²) in [6, 6.07) is 0. The van der Waals surface area contributed by atoms with Gasteiger partial charge in [0.2, 0.25) is 0 Å². The van der Waals surface area contributed by atoms with E-state index < -0.39 is 0 Å². The molecular weight excluding hydrogens is 170 g/mol. The average Bonchev–Trinajstić information content (AvgIpc) is 2.67. The predicted octanol–water partition coefficient (Wildman–Crippen LogP) is 3.05. The van der Waals surface area contributed by atoms with Gasteiger partial charge in [-0.2, -0.15) is 0 Å². The van der Waals surface area contributed by atoms with E-state index in [-0.39, 0.29) is 5.54 Å². The molecule has 0 radical (unpaired) electrons. The quantitative estimate of drug-likeness (QED) is 0.479. The highest BCUT2D eigenvalue weighted by Gasteiger charge is 2.35. The molecule has 1 aliphatic carbocycles. The minimum Gasteiger partial charge on any atom is -0.290 e. The molecule has 80 valence electrons. The van der Waals surface area contributed by atoms with E-state index in [9.17, 15) is 0 Å². The normalized spacial score (nSPS) is 19.9. The SMILES string of the molecule is C#CC1(N(C)CCCCC)CCCC1. The van der Waals surface area contributed by atoms with Crippen LogP contribution in [0.5, 0.6) is 0 Å². The first-order chi connectivity index (χ1) is 6.75. The van der Waals surface area contributed by atoms with Gasteiger partial charge in [0.15, 0.2) is 0 Å². The molecule has 0 spiro atoms. The fraction of sp³-hybridized carbons (Fsp3) is 0.846. The van der Waals surface area contributed by atoms with Crippen LogP contribution >= 0.6 is 0 Å². The van der Waals surface area contributed by atoms with E-state index in [1.807, 2.05) is 0 Å². The molecule has 0 heterocycles.